The first-order valence-electron chi connectivity index (χ1n) is 10.5. The molecule has 0 saturated heterocycles. The lowest BCUT2D eigenvalue weighted by Gasteiger charge is -2.24. The Kier molecular flexibility index (Phi) is 9.77. The molecule has 172 valence electrons. The number of benzene rings is 1. The van der Waals surface area contributed by atoms with Gasteiger partial charge in [-0.2, -0.15) is 0 Å². The van der Waals surface area contributed by atoms with Crippen molar-refractivity contribution >= 4 is 46.0 Å². The van der Waals surface area contributed by atoms with Gasteiger partial charge in [-0.3, -0.25) is 14.9 Å². The number of aromatic hydroxyl groups is 1. The Balaban J connectivity index is 1.48. The molecule has 0 spiro atoms. The van der Waals surface area contributed by atoms with Crippen molar-refractivity contribution in [1.29, 1.82) is 0 Å². The lowest BCUT2D eigenvalue weighted by molar-refractivity contribution is 0.270. The fourth-order valence-corrected chi connectivity index (χ4v) is 3.47. The van der Waals surface area contributed by atoms with Crippen LogP contribution in [0.4, 0.5) is 11.4 Å². The van der Waals surface area contributed by atoms with Gasteiger partial charge in [-0.25, -0.2) is 0 Å². The predicted octanol–water partition coefficient (Wildman–Crippen LogP) is 2.96. The predicted molar refractivity (Wildman–Crippen MR) is 140 cm³/mol. The van der Waals surface area contributed by atoms with Gasteiger partial charge in [0.1, 0.15) is 5.75 Å². The lowest BCUT2D eigenvalue weighted by Crippen LogP contribution is -2.40. The minimum atomic E-state index is 0.283. The molecule has 0 fully saturated rings. The minimum Gasteiger partial charge on any atom is -0.508 e. The van der Waals surface area contributed by atoms with Crippen LogP contribution in [0.25, 0.3) is 0 Å². The van der Waals surface area contributed by atoms with Gasteiger partial charge in [0.05, 0.1) is 23.8 Å². The number of nitrogens with one attached hydrogen (secondary N) is 4. The van der Waals surface area contributed by atoms with E-state index in [0.717, 1.165) is 16.9 Å². The second-order valence-corrected chi connectivity index (χ2v) is 7.97. The number of pyridine rings is 2. The summed E-state index contributed by atoms with van der Waals surface area (Å²) in [6, 6.07) is 14.9. The molecule has 5 N–H and O–H groups in total. The van der Waals surface area contributed by atoms with Crippen LogP contribution in [0.3, 0.4) is 0 Å². The summed E-state index contributed by atoms with van der Waals surface area (Å²) >= 11 is 10.7. The highest BCUT2D eigenvalue weighted by atomic mass is 32.1. The molecule has 33 heavy (non-hydrogen) atoms. The van der Waals surface area contributed by atoms with Crippen LogP contribution < -0.4 is 21.3 Å². The van der Waals surface area contributed by atoms with E-state index in [2.05, 4.69) is 36.1 Å². The molecule has 0 atom stereocenters. The first kappa shape index (κ1) is 24.3. The van der Waals surface area contributed by atoms with Gasteiger partial charge < -0.3 is 26.4 Å². The van der Waals surface area contributed by atoms with Crippen LogP contribution in [0.5, 0.6) is 5.75 Å². The van der Waals surface area contributed by atoms with E-state index in [1.165, 1.54) is 0 Å². The summed E-state index contributed by atoms with van der Waals surface area (Å²) in [5.74, 6) is 0.283. The number of aromatic nitrogens is 2. The molecule has 0 aliphatic rings. The van der Waals surface area contributed by atoms with Gasteiger partial charge >= 0.3 is 0 Å². The third-order valence-corrected chi connectivity index (χ3v) is 5.14. The number of phenols is 1. The zero-order valence-electron chi connectivity index (χ0n) is 18.1. The molecule has 0 saturated carbocycles. The molecule has 8 nitrogen and oxygen atoms in total. The van der Waals surface area contributed by atoms with Gasteiger partial charge in [-0.05, 0) is 54.8 Å². The van der Waals surface area contributed by atoms with Crippen molar-refractivity contribution in [3.8, 4) is 5.75 Å². The Hall–Kier alpha value is -3.34. The lowest BCUT2D eigenvalue weighted by atomic mass is 10.2. The van der Waals surface area contributed by atoms with E-state index in [9.17, 15) is 5.11 Å². The molecule has 0 aliphatic carbocycles. The second-order valence-electron chi connectivity index (χ2n) is 7.15. The number of hydrogen-bond acceptors (Lipinski definition) is 6. The number of rotatable bonds is 10. The first-order valence-corrected chi connectivity index (χ1v) is 11.3. The van der Waals surface area contributed by atoms with Gasteiger partial charge in [0.25, 0.3) is 0 Å². The van der Waals surface area contributed by atoms with Crippen LogP contribution in [0, 0.1) is 0 Å². The zero-order chi connectivity index (χ0) is 23.3. The molecule has 0 amide bonds. The summed E-state index contributed by atoms with van der Waals surface area (Å²) in [5.41, 5.74) is 2.53. The van der Waals surface area contributed by atoms with Crippen molar-refractivity contribution in [3.05, 3.63) is 78.9 Å². The Morgan fingerprint density at radius 3 is 1.82 bits per heavy atom. The Morgan fingerprint density at radius 2 is 1.33 bits per heavy atom. The number of thiocarbonyl (C=S) groups is 2. The summed E-state index contributed by atoms with van der Waals surface area (Å²) in [7, 11) is 0. The maximum atomic E-state index is 10.2. The van der Waals surface area contributed by atoms with Crippen molar-refractivity contribution in [2.24, 2.45) is 0 Å². The Morgan fingerprint density at radius 1 is 0.788 bits per heavy atom. The van der Waals surface area contributed by atoms with E-state index in [4.69, 9.17) is 24.4 Å². The molecule has 0 unspecified atom stereocenters. The quantitative estimate of drug-likeness (QED) is 0.278. The maximum absolute atomic E-state index is 10.2. The monoisotopic (exact) mass is 481 g/mol. The van der Waals surface area contributed by atoms with E-state index in [1.807, 2.05) is 42.5 Å². The van der Waals surface area contributed by atoms with E-state index < -0.39 is 0 Å². The molecular weight excluding hydrogens is 454 g/mol. The van der Waals surface area contributed by atoms with Gasteiger partial charge in [0, 0.05) is 50.7 Å². The topological polar surface area (TPSA) is 97.4 Å². The smallest absolute Gasteiger partial charge is 0.170 e. The highest BCUT2D eigenvalue weighted by molar-refractivity contribution is 7.80. The van der Waals surface area contributed by atoms with E-state index >= 15 is 0 Å². The standard InChI is InChI=1S/C23H27N7OS2/c31-21-8-2-1-5-18(21)17-30(13-11-26-22(32)28-19-6-3-9-24-15-19)14-12-27-23(33)29-20-7-4-10-25-16-20/h1-10,15-16,31H,11-14,17H2,(H2,26,28,32)(H2,27,29,33). The van der Waals surface area contributed by atoms with E-state index in [0.29, 0.717) is 42.9 Å². The second kappa shape index (κ2) is 13.3. The van der Waals surface area contributed by atoms with Crippen molar-refractivity contribution in [1.82, 2.24) is 25.5 Å². The number of anilines is 2. The van der Waals surface area contributed by atoms with Gasteiger partial charge in [0.15, 0.2) is 10.2 Å². The van der Waals surface area contributed by atoms with Crippen LogP contribution in [-0.2, 0) is 6.54 Å². The Bertz CT molecular complexity index is 962. The zero-order valence-corrected chi connectivity index (χ0v) is 19.7. The van der Waals surface area contributed by atoms with Crippen molar-refractivity contribution in [3.63, 3.8) is 0 Å². The fraction of sp³-hybridized carbons (Fsp3) is 0.217. The van der Waals surface area contributed by atoms with Crippen LogP contribution in [0.15, 0.2) is 73.3 Å². The Labute approximate surface area is 204 Å². The number of phenolic OH excluding ortho intramolecular Hbond substituents is 1. The average molecular weight is 482 g/mol. The normalized spacial score (nSPS) is 10.5. The van der Waals surface area contributed by atoms with Crippen molar-refractivity contribution < 1.29 is 5.11 Å². The van der Waals surface area contributed by atoms with Crippen molar-refractivity contribution in [2.75, 3.05) is 36.8 Å². The molecule has 0 radical (unpaired) electrons. The van der Waals surface area contributed by atoms with Gasteiger partial charge in [-0.1, -0.05) is 18.2 Å². The largest absolute Gasteiger partial charge is 0.508 e. The molecule has 3 aromatic rings. The number of hydrogen-bond donors (Lipinski definition) is 5. The van der Waals surface area contributed by atoms with E-state index in [-0.39, 0.29) is 5.75 Å². The van der Waals surface area contributed by atoms with Gasteiger partial charge in [-0.15, -0.1) is 0 Å². The minimum absolute atomic E-state index is 0.283. The summed E-state index contributed by atoms with van der Waals surface area (Å²) in [4.78, 5) is 10.4. The average Bonchev–Trinajstić information content (AvgIpc) is 2.81. The maximum Gasteiger partial charge on any atom is 0.170 e. The van der Waals surface area contributed by atoms with Crippen LogP contribution >= 0.6 is 24.4 Å². The molecular formula is C23H27N7OS2. The molecule has 0 aliphatic heterocycles. The summed E-state index contributed by atoms with van der Waals surface area (Å²) in [5, 5.41) is 23.9. The third-order valence-electron chi connectivity index (χ3n) is 4.65. The molecule has 10 heteroatoms. The number of nitrogens with zero attached hydrogens (tertiary/aromatic N) is 3. The van der Waals surface area contributed by atoms with Crippen molar-refractivity contribution in [2.45, 2.75) is 6.54 Å². The first-order chi connectivity index (χ1) is 16.1. The molecule has 2 aromatic heterocycles. The summed E-state index contributed by atoms with van der Waals surface area (Å²) in [6.45, 7) is 3.30. The van der Waals surface area contributed by atoms with Gasteiger partial charge in [0.2, 0.25) is 0 Å². The fourth-order valence-electron chi connectivity index (χ4n) is 3.03. The summed E-state index contributed by atoms with van der Waals surface area (Å²) in [6.07, 6.45) is 6.86. The SMILES string of the molecule is Oc1ccccc1CN(CCNC(=S)Nc1cccnc1)CCNC(=S)Nc1cccnc1. The number of para-hydroxylation sites is 1. The van der Waals surface area contributed by atoms with Crippen LogP contribution in [0.1, 0.15) is 5.56 Å². The molecule has 1 aromatic carbocycles. The molecule has 2 heterocycles. The molecule has 0 bridgehead atoms. The van der Waals surface area contributed by atoms with Crippen LogP contribution in [0.2, 0.25) is 0 Å². The third kappa shape index (κ3) is 8.97. The van der Waals surface area contributed by atoms with E-state index in [1.54, 1.807) is 30.9 Å². The highest BCUT2D eigenvalue weighted by Crippen LogP contribution is 2.17. The molecule has 3 rings (SSSR count). The summed E-state index contributed by atoms with van der Waals surface area (Å²) < 4.78 is 0. The highest BCUT2D eigenvalue weighted by Gasteiger charge is 2.10. The van der Waals surface area contributed by atoms with Crippen LogP contribution in [-0.4, -0.2) is 56.4 Å².